The van der Waals surface area contributed by atoms with Crippen molar-refractivity contribution >= 4 is 108 Å². The number of azo groups is 1. The second-order valence-corrected chi connectivity index (χ2v) is 10.2. The van der Waals surface area contributed by atoms with Gasteiger partial charge < -0.3 is 11.1 Å². The Balaban J connectivity index is 1.66. The summed E-state index contributed by atoms with van der Waals surface area (Å²) in [7, 11) is -4.33. The molecular formula is C20H13Cl4N9O4S. The summed E-state index contributed by atoms with van der Waals surface area (Å²) in [5, 5.41) is 11.8. The van der Waals surface area contributed by atoms with Crippen LogP contribution < -0.4 is 19.4 Å². The highest BCUT2D eigenvalue weighted by atomic mass is 35.5. The quantitative estimate of drug-likeness (QED) is 0.123. The van der Waals surface area contributed by atoms with Crippen LogP contribution >= 0.6 is 46.9 Å². The lowest BCUT2D eigenvalue weighted by atomic mass is 10.1. The standard InChI is InChI=1S/C20H13Cl4N9O4S/c21-17-27-19(29-20(28-17)33(23)24)32(22)13-4-6-15(16(9-13)26-18(25)34)31-30-12-3-1-11-8-14(38(35,36)37)5-2-10(11)7-12/h1-9H,(H3,25,26,34)(H,35,36,37). The maximum atomic E-state index is 11.6. The number of amides is 2. The van der Waals surface area contributed by atoms with Gasteiger partial charge >= 0.3 is 6.03 Å². The van der Waals surface area contributed by atoms with Crippen molar-refractivity contribution in [3.8, 4) is 0 Å². The van der Waals surface area contributed by atoms with Crippen LogP contribution in [-0.4, -0.2) is 34.0 Å². The Kier molecular flexibility index (Phi) is 8.01. The number of nitrogens with zero attached hydrogens (tertiary/aromatic N) is 7. The number of rotatable bonds is 7. The highest BCUT2D eigenvalue weighted by molar-refractivity contribution is 7.85. The van der Waals surface area contributed by atoms with Crippen molar-refractivity contribution in [3.05, 3.63) is 59.9 Å². The Morgan fingerprint density at radius 3 is 2.29 bits per heavy atom. The molecule has 0 saturated heterocycles. The summed E-state index contributed by atoms with van der Waals surface area (Å²) >= 11 is 23.6. The zero-order valence-electron chi connectivity index (χ0n) is 18.5. The first-order valence-corrected chi connectivity index (χ1v) is 12.9. The molecule has 1 aromatic heterocycles. The summed E-state index contributed by atoms with van der Waals surface area (Å²) in [6, 6.07) is 12.6. The Morgan fingerprint density at radius 2 is 1.61 bits per heavy atom. The van der Waals surface area contributed by atoms with Crippen LogP contribution in [-0.2, 0) is 10.1 Å². The molecule has 0 bridgehead atoms. The molecule has 0 saturated carbocycles. The molecule has 13 nitrogen and oxygen atoms in total. The van der Waals surface area contributed by atoms with Gasteiger partial charge in [0.1, 0.15) is 5.69 Å². The molecule has 1 heterocycles. The second kappa shape index (κ2) is 11.1. The number of benzene rings is 3. The number of hydrogen-bond donors (Lipinski definition) is 3. The first-order valence-electron chi connectivity index (χ1n) is 10.0. The van der Waals surface area contributed by atoms with Gasteiger partial charge in [0.15, 0.2) is 0 Å². The number of fused-ring (bicyclic) bond motifs is 1. The van der Waals surface area contributed by atoms with E-state index in [1.807, 2.05) is 0 Å². The van der Waals surface area contributed by atoms with Gasteiger partial charge in [0.25, 0.3) is 22.0 Å². The zero-order valence-corrected chi connectivity index (χ0v) is 22.3. The van der Waals surface area contributed by atoms with E-state index in [1.165, 1.54) is 36.4 Å². The molecule has 3 aromatic carbocycles. The van der Waals surface area contributed by atoms with Crippen LogP contribution in [0.3, 0.4) is 0 Å². The Hall–Kier alpha value is -3.53. The molecule has 0 unspecified atom stereocenters. The summed E-state index contributed by atoms with van der Waals surface area (Å²) in [5.74, 6) is -0.305. The zero-order chi connectivity index (χ0) is 27.6. The molecule has 0 aliphatic rings. The smallest absolute Gasteiger partial charge is 0.316 e. The van der Waals surface area contributed by atoms with E-state index in [9.17, 15) is 17.8 Å². The average molecular weight is 617 g/mol. The van der Waals surface area contributed by atoms with E-state index >= 15 is 0 Å². The number of primary amides is 1. The van der Waals surface area contributed by atoms with Crippen molar-refractivity contribution in [2.75, 3.05) is 13.7 Å². The summed E-state index contributed by atoms with van der Waals surface area (Å²) in [6.07, 6.45) is 0. The molecule has 0 spiro atoms. The molecule has 0 radical (unpaired) electrons. The van der Waals surface area contributed by atoms with E-state index in [1.54, 1.807) is 18.2 Å². The van der Waals surface area contributed by atoms with Crippen molar-refractivity contribution in [1.29, 1.82) is 0 Å². The molecule has 0 aliphatic heterocycles. The third kappa shape index (κ3) is 6.48. The van der Waals surface area contributed by atoms with Gasteiger partial charge in [-0.05, 0) is 64.8 Å². The first kappa shape index (κ1) is 27.5. The maximum absolute atomic E-state index is 11.6. The molecule has 0 aliphatic carbocycles. The van der Waals surface area contributed by atoms with Gasteiger partial charge in [-0.3, -0.25) is 4.55 Å². The topological polar surface area (TPSA) is 179 Å². The monoisotopic (exact) mass is 615 g/mol. The number of nitrogens with two attached hydrogens (primary N) is 1. The van der Waals surface area contributed by atoms with Crippen molar-refractivity contribution in [2.24, 2.45) is 16.0 Å². The lowest BCUT2D eigenvalue weighted by molar-refractivity contribution is 0.259. The van der Waals surface area contributed by atoms with Gasteiger partial charge in [-0.1, -0.05) is 12.1 Å². The highest BCUT2D eigenvalue weighted by Crippen LogP contribution is 2.35. The molecule has 4 rings (SSSR count). The fourth-order valence-electron chi connectivity index (χ4n) is 3.12. The number of urea groups is 1. The fourth-order valence-corrected chi connectivity index (χ4v) is 4.12. The van der Waals surface area contributed by atoms with E-state index < -0.39 is 16.1 Å². The molecule has 2 amide bonds. The Bertz CT molecular complexity index is 1690. The number of aromatic nitrogens is 3. The predicted molar refractivity (Wildman–Crippen MR) is 145 cm³/mol. The third-order valence-corrected chi connectivity index (χ3v) is 6.41. The largest absolute Gasteiger partial charge is 0.351 e. The SMILES string of the molecule is NC(=O)Nc1cc(N(Cl)c2nc(Cl)nc(N(Cl)Cl)n2)ccc1N=Nc1ccc2cc(S(=O)(=O)O)ccc2c1. The lowest BCUT2D eigenvalue weighted by Gasteiger charge is -2.16. The molecule has 4 N–H and O–H groups in total. The fraction of sp³-hybridized carbons (Fsp3) is 0. The minimum atomic E-state index is -4.33. The van der Waals surface area contributed by atoms with Crippen molar-refractivity contribution in [3.63, 3.8) is 0 Å². The van der Waals surface area contributed by atoms with Crippen LogP contribution in [0.25, 0.3) is 10.8 Å². The Morgan fingerprint density at radius 1 is 0.921 bits per heavy atom. The molecule has 0 fully saturated rings. The van der Waals surface area contributed by atoms with Gasteiger partial charge in [0.2, 0.25) is 5.28 Å². The van der Waals surface area contributed by atoms with Crippen LogP contribution in [0.1, 0.15) is 0 Å². The number of halogens is 4. The van der Waals surface area contributed by atoms with Gasteiger partial charge in [0.05, 0.1) is 22.0 Å². The van der Waals surface area contributed by atoms with Gasteiger partial charge in [-0.15, -0.1) is 5.11 Å². The average Bonchev–Trinajstić information content (AvgIpc) is 2.85. The summed E-state index contributed by atoms with van der Waals surface area (Å²) in [6.45, 7) is 0. The normalized spacial score (nSPS) is 11.6. The molecule has 18 heteroatoms. The minimum Gasteiger partial charge on any atom is -0.351 e. The lowest BCUT2D eigenvalue weighted by Crippen LogP contribution is -2.19. The van der Waals surface area contributed by atoms with Crippen LogP contribution in [0, 0.1) is 0 Å². The highest BCUT2D eigenvalue weighted by Gasteiger charge is 2.18. The second-order valence-electron chi connectivity index (χ2n) is 7.28. The number of carbonyl (C=O) groups excluding carboxylic acids is 1. The van der Waals surface area contributed by atoms with E-state index in [4.69, 9.17) is 52.7 Å². The third-order valence-electron chi connectivity index (χ3n) is 4.74. The van der Waals surface area contributed by atoms with E-state index in [2.05, 4.69) is 30.5 Å². The predicted octanol–water partition coefficient (Wildman–Crippen LogP) is 6.24. The molecule has 38 heavy (non-hydrogen) atoms. The summed E-state index contributed by atoms with van der Waals surface area (Å²) in [5.41, 5.74) is 6.37. The molecular weight excluding hydrogens is 604 g/mol. The molecule has 0 atom stereocenters. The first-order chi connectivity index (χ1) is 17.9. The number of nitrogens with one attached hydrogen (secondary N) is 1. The van der Waals surface area contributed by atoms with Gasteiger partial charge in [0, 0.05) is 35.3 Å². The van der Waals surface area contributed by atoms with Crippen LogP contribution in [0.5, 0.6) is 0 Å². The number of anilines is 4. The van der Waals surface area contributed by atoms with E-state index in [0.717, 1.165) is 4.42 Å². The van der Waals surface area contributed by atoms with Gasteiger partial charge in [-0.25, -0.2) is 9.21 Å². The van der Waals surface area contributed by atoms with E-state index in [-0.39, 0.29) is 39.1 Å². The minimum absolute atomic E-state index is 0.124. The van der Waals surface area contributed by atoms with Crippen LogP contribution in [0.15, 0.2) is 69.7 Å². The molecule has 4 aromatic rings. The van der Waals surface area contributed by atoms with Crippen molar-refractivity contribution in [2.45, 2.75) is 4.90 Å². The van der Waals surface area contributed by atoms with Gasteiger partial charge in [-0.2, -0.15) is 32.4 Å². The Labute approximate surface area is 234 Å². The summed E-state index contributed by atoms with van der Waals surface area (Å²) < 4.78 is 33.5. The maximum Gasteiger partial charge on any atom is 0.316 e. The van der Waals surface area contributed by atoms with Crippen LogP contribution in [0.2, 0.25) is 5.28 Å². The number of carbonyl (C=O) groups is 1. The van der Waals surface area contributed by atoms with Crippen LogP contribution in [0.4, 0.5) is 39.4 Å². The van der Waals surface area contributed by atoms with Crippen molar-refractivity contribution < 1.29 is 17.8 Å². The van der Waals surface area contributed by atoms with Crippen molar-refractivity contribution in [1.82, 2.24) is 15.0 Å². The van der Waals surface area contributed by atoms with E-state index in [0.29, 0.717) is 20.4 Å². The number of hydrogen-bond acceptors (Lipinski definition) is 10. The summed E-state index contributed by atoms with van der Waals surface area (Å²) in [4.78, 5) is 23.0. The molecule has 196 valence electrons.